The van der Waals surface area contributed by atoms with Crippen LogP contribution in [-0.4, -0.2) is 85.8 Å². The van der Waals surface area contributed by atoms with Crippen molar-refractivity contribution in [2.75, 3.05) is 31.1 Å². The number of carbonyl (C=O) groups is 3. The minimum atomic E-state index is -0.817. The van der Waals surface area contributed by atoms with Crippen LogP contribution in [0.4, 0.5) is 5.69 Å². The fourth-order valence-corrected chi connectivity index (χ4v) is 10.5. The topological polar surface area (TPSA) is 81.2 Å². The number of rotatable bonds is 11. The van der Waals surface area contributed by atoms with Crippen molar-refractivity contribution in [2.45, 2.75) is 67.4 Å². The molecule has 0 saturated carbocycles. The zero-order valence-electron chi connectivity index (χ0n) is 23.3. The van der Waals surface area contributed by atoms with Gasteiger partial charge in [0, 0.05) is 35.4 Å². The van der Waals surface area contributed by atoms with E-state index in [1.807, 2.05) is 39.0 Å². The molecule has 7 atom stereocenters. The normalized spacial score (nSPS) is 29.7. The Hall–Kier alpha value is -2.10. The summed E-state index contributed by atoms with van der Waals surface area (Å²) in [7, 11) is 0. The largest absolute Gasteiger partial charge is 0.394 e. The van der Waals surface area contributed by atoms with E-state index in [4.69, 9.17) is 0 Å². The number of aryl methyl sites for hydroxylation is 2. The lowest BCUT2D eigenvalue weighted by atomic mass is 9.70. The van der Waals surface area contributed by atoms with E-state index in [0.29, 0.717) is 19.5 Å². The van der Waals surface area contributed by atoms with Gasteiger partial charge in [0.1, 0.15) is 6.04 Å². The Kier molecular flexibility index (Phi) is 9.03. The Balaban J connectivity index is 1.84. The second-order valence-electron chi connectivity index (χ2n) is 11.0. The average Bonchev–Trinajstić information content (AvgIpc) is 3.50. The van der Waals surface area contributed by atoms with Crippen molar-refractivity contribution >= 4 is 51.1 Å². The molecule has 3 fully saturated rings. The summed E-state index contributed by atoms with van der Waals surface area (Å²) in [6, 6.07) is 4.52. The molecule has 3 aliphatic rings. The molecule has 3 heterocycles. The molecule has 212 valence electrons. The van der Waals surface area contributed by atoms with Crippen molar-refractivity contribution in [3.8, 4) is 0 Å². The van der Waals surface area contributed by atoms with Crippen LogP contribution in [0.5, 0.6) is 0 Å². The maximum absolute atomic E-state index is 14.7. The van der Waals surface area contributed by atoms with Gasteiger partial charge in [0.15, 0.2) is 0 Å². The van der Waals surface area contributed by atoms with Gasteiger partial charge in [-0.3, -0.25) is 14.4 Å². The first-order valence-corrected chi connectivity index (χ1v) is 15.5. The molecule has 39 heavy (non-hydrogen) atoms. The second kappa shape index (κ2) is 11.8. The van der Waals surface area contributed by atoms with E-state index in [1.165, 1.54) is 0 Å². The number of carbonyl (C=O) groups excluding carboxylic acids is 3. The Morgan fingerprint density at radius 2 is 1.87 bits per heavy atom. The van der Waals surface area contributed by atoms with Crippen molar-refractivity contribution in [1.29, 1.82) is 0 Å². The van der Waals surface area contributed by atoms with Gasteiger partial charge in [-0.15, -0.1) is 24.9 Å². The van der Waals surface area contributed by atoms with Crippen LogP contribution in [0.1, 0.15) is 37.8 Å². The number of aliphatic hydroxyl groups is 1. The third kappa shape index (κ3) is 4.78. The molecule has 1 aromatic carbocycles. The highest BCUT2D eigenvalue weighted by Crippen LogP contribution is 2.68. The summed E-state index contributed by atoms with van der Waals surface area (Å²) >= 11 is 5.46. The highest BCUT2D eigenvalue weighted by atomic mass is 79.9. The van der Waals surface area contributed by atoms with Crippen molar-refractivity contribution in [3.63, 3.8) is 0 Å². The number of anilines is 1. The third-order valence-electron chi connectivity index (χ3n) is 8.43. The average molecular weight is 619 g/mol. The van der Waals surface area contributed by atoms with E-state index in [-0.39, 0.29) is 41.0 Å². The molecular weight excluding hydrogens is 578 g/mol. The summed E-state index contributed by atoms with van der Waals surface area (Å²) in [5.41, 5.74) is 2.73. The van der Waals surface area contributed by atoms with Gasteiger partial charge in [-0.2, -0.15) is 0 Å². The van der Waals surface area contributed by atoms with Gasteiger partial charge in [-0.1, -0.05) is 53.2 Å². The molecule has 0 radical (unpaired) electrons. The van der Waals surface area contributed by atoms with Gasteiger partial charge in [-0.05, 0) is 44.7 Å². The SMILES string of the molecule is C=CCN(CCC)C(=O)[C@H]1[C@H]2C(=O)N([C@H](C)CO)C(C(=O)N(CC=C)c3c(C)cccc3C)C23CC(Br)[C@@H]1S3. The molecule has 2 bridgehead atoms. The number of alkyl halides is 1. The highest BCUT2D eigenvalue weighted by Gasteiger charge is 2.76. The Bertz CT molecular complexity index is 1140. The van der Waals surface area contributed by atoms with Crippen LogP contribution < -0.4 is 4.90 Å². The lowest BCUT2D eigenvalue weighted by Crippen LogP contribution is -2.58. The van der Waals surface area contributed by atoms with E-state index >= 15 is 0 Å². The monoisotopic (exact) mass is 617 g/mol. The van der Waals surface area contributed by atoms with Crippen molar-refractivity contribution in [3.05, 3.63) is 54.6 Å². The maximum Gasteiger partial charge on any atom is 0.251 e. The molecule has 0 aliphatic carbocycles. The van der Waals surface area contributed by atoms with E-state index in [2.05, 4.69) is 29.1 Å². The number of amides is 3. The zero-order chi connectivity index (χ0) is 28.6. The fourth-order valence-electron chi connectivity index (χ4n) is 6.92. The standard InChI is InChI=1S/C30H40BrN3O4S/c1-7-13-32(14-8-2)27(36)22-23-28(37)34(20(6)17-35)26(30(23)16-21(31)25(22)39-30)29(38)33(15-9-3)24-18(4)11-10-12-19(24)5/h7,9-12,20-23,25-26,35H,1,3,8,13-17H2,2,4-6H3/t20-,21?,22+,23+,25+,26?,30?/m1/s1. The molecule has 0 aromatic heterocycles. The van der Waals surface area contributed by atoms with Crippen LogP contribution in [0.25, 0.3) is 0 Å². The first kappa shape index (κ1) is 29.9. The lowest BCUT2D eigenvalue weighted by molar-refractivity contribution is -0.145. The van der Waals surface area contributed by atoms with Crippen LogP contribution in [0.3, 0.4) is 0 Å². The Morgan fingerprint density at radius 1 is 1.23 bits per heavy atom. The predicted molar refractivity (Wildman–Crippen MR) is 161 cm³/mol. The first-order valence-electron chi connectivity index (χ1n) is 13.7. The summed E-state index contributed by atoms with van der Waals surface area (Å²) in [6.45, 7) is 16.5. The number of likely N-dealkylation sites (tertiary alicyclic amines) is 1. The summed E-state index contributed by atoms with van der Waals surface area (Å²) in [6.07, 6.45) is 4.81. The number of halogens is 1. The van der Waals surface area contributed by atoms with Gasteiger partial charge in [-0.25, -0.2) is 0 Å². The van der Waals surface area contributed by atoms with Crippen LogP contribution in [0.2, 0.25) is 0 Å². The quantitative estimate of drug-likeness (QED) is 0.299. The van der Waals surface area contributed by atoms with Gasteiger partial charge < -0.3 is 19.8 Å². The number of fused-ring (bicyclic) bond motifs is 1. The molecule has 4 rings (SSSR count). The molecule has 7 nitrogen and oxygen atoms in total. The van der Waals surface area contributed by atoms with Crippen LogP contribution in [0.15, 0.2) is 43.5 Å². The molecule has 3 aliphatic heterocycles. The second-order valence-corrected chi connectivity index (χ2v) is 13.7. The number of nitrogens with zero attached hydrogens (tertiary/aromatic N) is 3. The number of benzene rings is 1. The number of aliphatic hydroxyl groups excluding tert-OH is 1. The molecule has 1 aromatic rings. The molecular formula is C30H40BrN3O4S. The molecule has 3 unspecified atom stereocenters. The Labute approximate surface area is 244 Å². The molecule has 3 amide bonds. The summed E-state index contributed by atoms with van der Waals surface area (Å²) < 4.78 is -0.779. The van der Waals surface area contributed by atoms with Gasteiger partial charge in [0.05, 0.1) is 29.2 Å². The maximum atomic E-state index is 14.7. The van der Waals surface area contributed by atoms with E-state index in [1.54, 1.807) is 45.5 Å². The summed E-state index contributed by atoms with van der Waals surface area (Å²) in [4.78, 5) is 48.2. The van der Waals surface area contributed by atoms with Gasteiger partial charge in [0.25, 0.3) is 5.91 Å². The van der Waals surface area contributed by atoms with Crippen molar-refractivity contribution < 1.29 is 19.5 Å². The van der Waals surface area contributed by atoms with Crippen molar-refractivity contribution in [1.82, 2.24) is 9.80 Å². The zero-order valence-corrected chi connectivity index (χ0v) is 25.7. The number of thioether (sulfide) groups is 1. The highest BCUT2D eigenvalue weighted by molar-refractivity contribution is 9.09. The van der Waals surface area contributed by atoms with Crippen LogP contribution >= 0.6 is 27.7 Å². The molecule has 1 spiro atoms. The van der Waals surface area contributed by atoms with Gasteiger partial charge in [0.2, 0.25) is 11.8 Å². The van der Waals surface area contributed by atoms with Gasteiger partial charge >= 0.3 is 0 Å². The van der Waals surface area contributed by atoms with Crippen molar-refractivity contribution in [2.24, 2.45) is 11.8 Å². The Morgan fingerprint density at radius 3 is 2.44 bits per heavy atom. The smallest absolute Gasteiger partial charge is 0.251 e. The minimum Gasteiger partial charge on any atom is -0.394 e. The predicted octanol–water partition coefficient (Wildman–Crippen LogP) is 4.09. The van der Waals surface area contributed by atoms with E-state index in [9.17, 15) is 19.5 Å². The minimum absolute atomic E-state index is 0.0135. The third-order valence-corrected chi connectivity index (χ3v) is 11.6. The number of para-hydroxylation sites is 1. The van der Waals surface area contributed by atoms with Crippen LogP contribution in [0, 0.1) is 25.7 Å². The number of hydrogen-bond acceptors (Lipinski definition) is 5. The summed E-state index contributed by atoms with van der Waals surface area (Å²) in [5.74, 6) is -1.64. The number of hydrogen-bond donors (Lipinski definition) is 1. The fraction of sp³-hybridized carbons (Fsp3) is 0.567. The van der Waals surface area contributed by atoms with Crippen LogP contribution in [-0.2, 0) is 14.4 Å². The summed E-state index contributed by atoms with van der Waals surface area (Å²) in [5, 5.41) is 10.1. The molecule has 9 heteroatoms. The lowest BCUT2D eigenvalue weighted by Gasteiger charge is -2.40. The molecule has 3 saturated heterocycles. The van der Waals surface area contributed by atoms with E-state index < -0.39 is 28.7 Å². The van der Waals surface area contributed by atoms with E-state index in [0.717, 1.165) is 23.2 Å². The first-order chi connectivity index (χ1) is 18.6. The molecule has 1 N–H and O–H groups in total.